The maximum Gasteiger partial charge on any atom is 0.472 e. The predicted molar refractivity (Wildman–Crippen MR) is 408 cm³/mol. The van der Waals surface area contributed by atoms with Gasteiger partial charge >= 0.3 is 33.6 Å². The van der Waals surface area contributed by atoms with Crippen LogP contribution in [0.4, 0.5) is 0 Å². The molecule has 0 aromatic rings. The van der Waals surface area contributed by atoms with E-state index in [1.807, 2.05) is 0 Å². The van der Waals surface area contributed by atoms with Crippen LogP contribution in [0.3, 0.4) is 0 Å². The lowest BCUT2D eigenvalue weighted by atomic mass is 10.0. The van der Waals surface area contributed by atoms with Crippen LogP contribution < -0.4 is 0 Å². The van der Waals surface area contributed by atoms with Gasteiger partial charge in [0.1, 0.15) is 25.4 Å². The summed E-state index contributed by atoms with van der Waals surface area (Å²) >= 11 is 0. The van der Waals surface area contributed by atoms with Crippen molar-refractivity contribution < 1.29 is 75.8 Å². The quantitative estimate of drug-likeness (QED) is 0.0146. The Morgan fingerprint density at radius 3 is 0.859 bits per heavy atom. The lowest BCUT2D eigenvalue weighted by Gasteiger charge is -2.21. The number of aliphatic hydroxyl groups excluding tert-OH is 2. The zero-order valence-electron chi connectivity index (χ0n) is 61.9. The van der Waals surface area contributed by atoms with Gasteiger partial charge in [0.05, 0.1) is 26.4 Å². The van der Waals surface area contributed by atoms with Gasteiger partial charge in [-0.3, -0.25) is 32.5 Å². The number of phosphoric ester groups is 2. The van der Waals surface area contributed by atoms with E-state index in [0.29, 0.717) is 19.3 Å². The number of phosphoric acid groups is 2. The molecule has 0 aromatic carbocycles. The molecule has 18 heteroatoms. The van der Waals surface area contributed by atoms with Crippen molar-refractivity contribution in [1.29, 1.82) is 0 Å². The van der Waals surface area contributed by atoms with Crippen molar-refractivity contribution in [2.75, 3.05) is 39.6 Å². The second-order valence-corrected chi connectivity index (χ2v) is 28.3. The first-order valence-electron chi connectivity index (χ1n) is 38.5. The lowest BCUT2D eigenvalue weighted by Crippen LogP contribution is -2.30. The van der Waals surface area contributed by atoms with Gasteiger partial charge in [0, 0.05) is 19.3 Å². The molecule has 0 bridgehead atoms. The molecule has 0 saturated heterocycles. The van der Waals surface area contributed by atoms with Gasteiger partial charge in [0.2, 0.25) is 0 Å². The van der Waals surface area contributed by atoms with E-state index in [1.165, 1.54) is 77.0 Å². The fourth-order valence-electron chi connectivity index (χ4n) is 10.0. The predicted octanol–water partition coefficient (Wildman–Crippen LogP) is 22.3. The van der Waals surface area contributed by atoms with E-state index in [0.717, 1.165) is 167 Å². The van der Waals surface area contributed by atoms with E-state index < -0.39 is 91.5 Å². The van der Waals surface area contributed by atoms with Crippen molar-refractivity contribution in [2.24, 2.45) is 0 Å². The van der Waals surface area contributed by atoms with Crippen molar-refractivity contribution in [3.8, 4) is 0 Å². The number of esters is 3. The third-order valence-electron chi connectivity index (χ3n) is 15.8. The average molecular weight is 1430 g/mol. The van der Waals surface area contributed by atoms with Crippen molar-refractivity contribution in [1.82, 2.24) is 0 Å². The van der Waals surface area contributed by atoms with E-state index in [1.54, 1.807) is 0 Å². The number of unbranched alkanes of at least 4 members (excludes halogenated alkanes) is 27. The number of aliphatic hydroxyl groups is 2. The summed E-state index contributed by atoms with van der Waals surface area (Å²) in [4.78, 5) is 58.4. The Hall–Kier alpha value is -4.31. The zero-order valence-corrected chi connectivity index (χ0v) is 63.7. The Kier molecular flexibility index (Phi) is 70.2. The summed E-state index contributed by atoms with van der Waals surface area (Å²) < 4.78 is 61.0. The molecule has 0 spiro atoms. The monoisotopic (exact) mass is 1430 g/mol. The molecule has 5 atom stereocenters. The molecule has 0 saturated carbocycles. The number of hydrogen-bond acceptors (Lipinski definition) is 14. The van der Waals surface area contributed by atoms with Gasteiger partial charge in [-0.2, -0.15) is 0 Å². The van der Waals surface area contributed by atoms with Crippen LogP contribution in [-0.2, 0) is 55.8 Å². The van der Waals surface area contributed by atoms with Gasteiger partial charge in [-0.05, 0) is 128 Å². The molecule has 0 fully saturated rings. The molecule has 5 unspecified atom stereocenters. The highest BCUT2D eigenvalue weighted by Gasteiger charge is 2.29. The maximum atomic E-state index is 12.9. The molecule has 0 radical (unpaired) electrons. The molecule has 0 aliphatic heterocycles. The first-order chi connectivity index (χ1) is 48.2. The maximum absolute atomic E-state index is 12.9. The van der Waals surface area contributed by atoms with E-state index in [9.17, 15) is 43.5 Å². The van der Waals surface area contributed by atoms with Crippen LogP contribution in [0.15, 0.2) is 134 Å². The Labute approximate surface area is 601 Å². The minimum absolute atomic E-state index is 0.0890. The minimum atomic E-state index is -4.93. The van der Waals surface area contributed by atoms with Crippen LogP contribution in [-0.4, -0.2) is 95.9 Å². The number of rotatable bonds is 72. The van der Waals surface area contributed by atoms with E-state index in [4.69, 9.17) is 32.3 Å². The molecule has 99 heavy (non-hydrogen) atoms. The number of carbonyl (C=O) groups is 3. The molecule has 0 rings (SSSR count). The van der Waals surface area contributed by atoms with Crippen LogP contribution in [0.1, 0.15) is 303 Å². The molecule has 0 heterocycles. The molecule has 0 aromatic heterocycles. The van der Waals surface area contributed by atoms with E-state index in [2.05, 4.69) is 154 Å². The standard InChI is InChI=1S/C81H138O16P2/c1-4-7-10-13-16-19-22-24-26-28-30-31-32-33-34-35-36-37-38-39-40-41-42-43-45-47-48-50-53-55-58-61-64-67-79(84)91-70-76(82)71-93-98(87,88)94-72-77(83)73-95-99(89,90)96-75-78(97-81(86)69-66-63-60-57-52-21-18-15-12-9-6-3)74-92-80(85)68-65-62-59-56-54-51-49-46-44-29-27-25-23-20-17-14-11-8-5-2/h7-8,10-11,15-20,24-27,30-31,33-34,36-37,44,46,76-78,82-83H,4-6,9,12-14,21-23,28-29,32,35,38-43,45,47-75H2,1-3H3,(H,87,88)(H,89,90)/b10-7-,11-8-,18-15-,19-16-,20-17-,26-24-,27-25-,31-30-,34-33-,37-36-,46-44-. The molecule has 568 valence electrons. The highest BCUT2D eigenvalue weighted by atomic mass is 31.2. The van der Waals surface area contributed by atoms with Gasteiger partial charge in [-0.25, -0.2) is 9.13 Å². The summed E-state index contributed by atoms with van der Waals surface area (Å²) in [5.74, 6) is -1.60. The smallest absolute Gasteiger partial charge is 0.463 e. The summed E-state index contributed by atoms with van der Waals surface area (Å²) in [7, 11) is -9.79. The van der Waals surface area contributed by atoms with Crippen molar-refractivity contribution in [2.45, 2.75) is 322 Å². The Morgan fingerprint density at radius 1 is 0.293 bits per heavy atom. The molecule has 0 aliphatic carbocycles. The highest BCUT2D eigenvalue weighted by Crippen LogP contribution is 2.45. The highest BCUT2D eigenvalue weighted by molar-refractivity contribution is 7.47. The fraction of sp³-hybridized carbons (Fsp3) is 0.691. The number of carbonyl (C=O) groups excluding carboxylic acids is 3. The number of hydrogen-bond donors (Lipinski definition) is 4. The van der Waals surface area contributed by atoms with Gasteiger partial charge in [-0.1, -0.05) is 289 Å². The third kappa shape index (κ3) is 74.7. The SMILES string of the molecule is CC/C=C\C/C=C\C/C=C\C/C=C\C/C=C\C/C=C\CCCCCCCCCCCCCCCCC(=O)OCC(O)COP(=O)(O)OCC(O)COP(=O)(O)OCC(COC(=O)CCCCCCCC/C=C\C/C=C\C/C=C\C/C=C\CC)OC(=O)CCCCCCC/C=C\CCCC. The second-order valence-electron chi connectivity index (χ2n) is 25.4. The fourth-order valence-corrected chi connectivity index (χ4v) is 11.6. The van der Waals surface area contributed by atoms with Gasteiger partial charge < -0.3 is 34.2 Å². The lowest BCUT2D eigenvalue weighted by molar-refractivity contribution is -0.161. The van der Waals surface area contributed by atoms with Crippen LogP contribution in [0, 0.1) is 0 Å². The molecule has 0 amide bonds. The normalized spacial score (nSPS) is 14.8. The summed E-state index contributed by atoms with van der Waals surface area (Å²) in [6.07, 6.45) is 88.1. The van der Waals surface area contributed by atoms with Gasteiger partial charge in [0.25, 0.3) is 0 Å². The second kappa shape index (κ2) is 73.4. The molecule has 16 nitrogen and oxygen atoms in total. The topological polar surface area (TPSA) is 231 Å². The number of allylic oxidation sites excluding steroid dienone is 22. The van der Waals surface area contributed by atoms with Crippen molar-refractivity contribution >= 4 is 33.6 Å². The molecule has 4 N–H and O–H groups in total. The molecular formula is C81H138O16P2. The Bertz CT molecular complexity index is 2330. The van der Waals surface area contributed by atoms with E-state index >= 15 is 0 Å². The van der Waals surface area contributed by atoms with Crippen LogP contribution in [0.2, 0.25) is 0 Å². The largest absolute Gasteiger partial charge is 0.472 e. The summed E-state index contributed by atoms with van der Waals surface area (Å²) in [6.45, 7) is 2.38. The minimum Gasteiger partial charge on any atom is -0.463 e. The Morgan fingerprint density at radius 2 is 0.535 bits per heavy atom. The van der Waals surface area contributed by atoms with Crippen molar-refractivity contribution in [3.63, 3.8) is 0 Å². The van der Waals surface area contributed by atoms with Crippen LogP contribution in [0.5, 0.6) is 0 Å². The summed E-state index contributed by atoms with van der Waals surface area (Å²) in [5, 5.41) is 20.6. The zero-order chi connectivity index (χ0) is 72.3. The Balaban J connectivity index is 4.38. The first kappa shape index (κ1) is 94.7. The molecule has 0 aliphatic rings. The molecular weight excluding hydrogens is 1290 g/mol. The average Bonchev–Trinajstić information content (AvgIpc) is 1.28. The van der Waals surface area contributed by atoms with Crippen LogP contribution in [0.25, 0.3) is 0 Å². The van der Waals surface area contributed by atoms with Crippen LogP contribution >= 0.6 is 15.6 Å². The first-order valence-corrected chi connectivity index (χ1v) is 41.5. The van der Waals surface area contributed by atoms with Gasteiger partial charge in [-0.15, -0.1) is 0 Å². The van der Waals surface area contributed by atoms with E-state index in [-0.39, 0.29) is 19.3 Å². The summed E-state index contributed by atoms with van der Waals surface area (Å²) in [5.41, 5.74) is 0. The number of ether oxygens (including phenoxy) is 3. The summed E-state index contributed by atoms with van der Waals surface area (Å²) in [6, 6.07) is 0. The van der Waals surface area contributed by atoms with Gasteiger partial charge in [0.15, 0.2) is 6.10 Å². The van der Waals surface area contributed by atoms with Crippen molar-refractivity contribution in [3.05, 3.63) is 134 Å². The third-order valence-corrected chi connectivity index (χ3v) is 17.7.